The minimum Gasteiger partial charge on any atom is -0.375 e. The third kappa shape index (κ3) is 1.61. The van der Waals surface area contributed by atoms with Crippen molar-refractivity contribution in [2.75, 3.05) is 5.73 Å². The molecule has 3 rings (SSSR count). The zero-order chi connectivity index (χ0) is 11.8. The van der Waals surface area contributed by atoms with Crippen LogP contribution in [-0.4, -0.2) is 9.97 Å². The van der Waals surface area contributed by atoms with Gasteiger partial charge in [0.25, 0.3) is 0 Å². The van der Waals surface area contributed by atoms with Crippen LogP contribution in [0, 0.1) is 0 Å². The van der Waals surface area contributed by atoms with Crippen molar-refractivity contribution < 1.29 is 0 Å². The Balaban J connectivity index is 2.33. The first kappa shape index (κ1) is 10.4. The van der Waals surface area contributed by atoms with Crippen LogP contribution in [0.1, 0.15) is 12.6 Å². The Morgan fingerprint density at radius 3 is 2.88 bits per heavy atom. The maximum Gasteiger partial charge on any atom is 0.180 e. The molecule has 86 valence electrons. The number of nitrogens with one attached hydrogen (secondary N) is 1. The molecule has 0 bridgehead atoms. The molecule has 3 aromatic rings. The second-order valence-corrected chi connectivity index (χ2v) is 4.84. The van der Waals surface area contributed by atoms with Crippen LogP contribution < -0.4 is 5.73 Å². The Morgan fingerprint density at radius 2 is 2.18 bits per heavy atom. The quantitative estimate of drug-likeness (QED) is 0.724. The molecule has 2 heterocycles. The summed E-state index contributed by atoms with van der Waals surface area (Å²) in [4.78, 5) is 7.83. The number of anilines is 1. The van der Waals surface area contributed by atoms with Gasteiger partial charge < -0.3 is 10.7 Å². The van der Waals surface area contributed by atoms with Gasteiger partial charge in [-0.05, 0) is 12.5 Å². The maximum absolute atomic E-state index is 5.72. The molecule has 0 aliphatic carbocycles. The number of para-hydroxylation sites is 1. The topological polar surface area (TPSA) is 54.7 Å². The minimum atomic E-state index is 0.618. The highest BCUT2D eigenvalue weighted by Crippen LogP contribution is 2.33. The lowest BCUT2D eigenvalue weighted by atomic mass is 10.1. The number of benzene rings is 1. The minimum absolute atomic E-state index is 0.618. The van der Waals surface area contributed by atoms with E-state index >= 15 is 0 Å². The third-order valence-corrected chi connectivity index (χ3v) is 3.59. The Bertz CT molecular complexity index is 666. The number of aromatic amines is 1. The molecule has 0 aliphatic heterocycles. The number of H-pyrrole nitrogens is 1. The molecule has 0 unspecified atom stereocenters. The monoisotopic (exact) mass is 243 g/mol. The lowest BCUT2D eigenvalue weighted by Gasteiger charge is -1.98. The lowest BCUT2D eigenvalue weighted by Crippen LogP contribution is -1.86. The third-order valence-electron chi connectivity index (χ3n) is 2.92. The van der Waals surface area contributed by atoms with E-state index in [2.05, 4.69) is 35.1 Å². The highest BCUT2D eigenvalue weighted by atomic mass is 32.1. The summed E-state index contributed by atoms with van der Waals surface area (Å²) in [6.07, 6.45) is 0.960. The maximum atomic E-state index is 5.72. The number of aromatic nitrogens is 2. The highest BCUT2D eigenvalue weighted by molar-refractivity contribution is 7.13. The number of nitrogens with two attached hydrogens (primary N) is 1. The molecule has 0 atom stereocenters. The van der Waals surface area contributed by atoms with E-state index in [4.69, 9.17) is 5.73 Å². The van der Waals surface area contributed by atoms with Gasteiger partial charge in [-0.1, -0.05) is 25.1 Å². The van der Waals surface area contributed by atoms with Crippen molar-refractivity contribution in [2.24, 2.45) is 0 Å². The molecule has 3 nitrogen and oxygen atoms in total. The number of aryl methyl sites for hydroxylation is 1. The van der Waals surface area contributed by atoms with Crippen LogP contribution in [0.15, 0.2) is 29.6 Å². The largest absolute Gasteiger partial charge is 0.375 e. The van der Waals surface area contributed by atoms with E-state index in [1.165, 1.54) is 28.0 Å². The average Bonchev–Trinajstić information content (AvgIpc) is 2.91. The second-order valence-electron chi connectivity index (χ2n) is 3.95. The summed E-state index contributed by atoms with van der Waals surface area (Å²) in [6.45, 7) is 2.14. The first-order chi connectivity index (χ1) is 8.29. The van der Waals surface area contributed by atoms with Gasteiger partial charge in [0, 0.05) is 27.5 Å². The normalized spacial score (nSPS) is 11.1. The van der Waals surface area contributed by atoms with Crippen LogP contribution in [0.3, 0.4) is 0 Å². The fraction of sp³-hybridized carbons (Fsp3) is 0.154. The summed E-state index contributed by atoms with van der Waals surface area (Å²) in [7, 11) is 0. The van der Waals surface area contributed by atoms with Crippen molar-refractivity contribution in [3.8, 4) is 11.3 Å². The van der Waals surface area contributed by atoms with E-state index in [9.17, 15) is 0 Å². The van der Waals surface area contributed by atoms with Gasteiger partial charge >= 0.3 is 0 Å². The molecule has 0 radical (unpaired) electrons. The molecule has 0 aliphatic rings. The molecule has 0 saturated carbocycles. The van der Waals surface area contributed by atoms with Crippen molar-refractivity contribution in [1.29, 1.82) is 0 Å². The van der Waals surface area contributed by atoms with Crippen LogP contribution in [-0.2, 0) is 6.42 Å². The van der Waals surface area contributed by atoms with Gasteiger partial charge in [0.05, 0.1) is 5.69 Å². The van der Waals surface area contributed by atoms with Crippen molar-refractivity contribution in [1.82, 2.24) is 9.97 Å². The summed E-state index contributed by atoms with van der Waals surface area (Å²) in [5, 5.41) is 3.85. The van der Waals surface area contributed by atoms with E-state index < -0.39 is 0 Å². The number of hydrogen-bond acceptors (Lipinski definition) is 3. The van der Waals surface area contributed by atoms with Crippen LogP contribution in [0.25, 0.3) is 22.2 Å². The molecule has 0 saturated heterocycles. The van der Waals surface area contributed by atoms with E-state index in [1.54, 1.807) is 0 Å². The zero-order valence-electron chi connectivity index (χ0n) is 9.53. The summed E-state index contributed by atoms with van der Waals surface area (Å²) < 4.78 is 0. The van der Waals surface area contributed by atoms with Gasteiger partial charge in [-0.3, -0.25) is 0 Å². The van der Waals surface area contributed by atoms with E-state index in [0.29, 0.717) is 5.13 Å². The molecule has 1 aromatic carbocycles. The Labute approximate surface area is 103 Å². The van der Waals surface area contributed by atoms with Crippen molar-refractivity contribution >= 4 is 27.4 Å². The highest BCUT2D eigenvalue weighted by Gasteiger charge is 2.13. The summed E-state index contributed by atoms with van der Waals surface area (Å²) >= 11 is 1.48. The van der Waals surface area contributed by atoms with Gasteiger partial charge in [-0.25, -0.2) is 4.98 Å². The molecule has 4 heteroatoms. The number of fused-ring (bicyclic) bond motifs is 1. The number of nitrogens with zero attached hydrogens (tertiary/aromatic N) is 1. The second kappa shape index (κ2) is 3.89. The molecule has 17 heavy (non-hydrogen) atoms. The molecular weight excluding hydrogens is 230 g/mol. The van der Waals surface area contributed by atoms with Crippen LogP contribution in [0.2, 0.25) is 0 Å². The Kier molecular flexibility index (Phi) is 2.37. The van der Waals surface area contributed by atoms with Crippen molar-refractivity contribution in [3.63, 3.8) is 0 Å². The number of thiazole rings is 1. The smallest absolute Gasteiger partial charge is 0.180 e. The van der Waals surface area contributed by atoms with E-state index in [-0.39, 0.29) is 0 Å². The predicted molar refractivity (Wildman–Crippen MR) is 73.2 cm³/mol. The standard InChI is InChI=1S/C13H13N3S/c1-2-9-12(11-7-17-13(14)16-11)8-5-3-4-6-10(8)15-9/h3-7,15H,2H2,1H3,(H2,14,16). The molecule has 3 N–H and O–H groups in total. The van der Waals surface area contributed by atoms with Gasteiger partial charge in [-0.2, -0.15) is 0 Å². The first-order valence-corrected chi connectivity index (χ1v) is 6.48. The Hall–Kier alpha value is -1.81. The average molecular weight is 243 g/mol. The van der Waals surface area contributed by atoms with E-state index in [0.717, 1.165) is 17.6 Å². The summed E-state index contributed by atoms with van der Waals surface area (Å²) in [6, 6.07) is 8.30. The summed E-state index contributed by atoms with van der Waals surface area (Å²) in [5.41, 5.74) is 10.3. The van der Waals surface area contributed by atoms with Crippen LogP contribution in [0.4, 0.5) is 5.13 Å². The Morgan fingerprint density at radius 1 is 1.35 bits per heavy atom. The molecular formula is C13H13N3S. The van der Waals surface area contributed by atoms with Gasteiger partial charge in [0.15, 0.2) is 5.13 Å². The van der Waals surface area contributed by atoms with Gasteiger partial charge in [-0.15, -0.1) is 11.3 Å². The van der Waals surface area contributed by atoms with Crippen LogP contribution in [0.5, 0.6) is 0 Å². The number of hydrogen-bond donors (Lipinski definition) is 2. The SMILES string of the molecule is CCc1[nH]c2ccccc2c1-c1csc(N)n1. The molecule has 0 fully saturated rings. The fourth-order valence-electron chi connectivity index (χ4n) is 2.16. The predicted octanol–water partition coefficient (Wildman–Crippen LogP) is 3.44. The molecule has 0 spiro atoms. The molecule has 0 amide bonds. The fourth-order valence-corrected chi connectivity index (χ4v) is 2.71. The summed E-state index contributed by atoms with van der Waals surface area (Å²) in [5.74, 6) is 0. The zero-order valence-corrected chi connectivity index (χ0v) is 10.3. The van der Waals surface area contributed by atoms with Crippen LogP contribution >= 0.6 is 11.3 Å². The van der Waals surface area contributed by atoms with Gasteiger partial charge in [0.2, 0.25) is 0 Å². The van der Waals surface area contributed by atoms with E-state index in [1.807, 2.05) is 11.4 Å². The van der Waals surface area contributed by atoms with Crippen molar-refractivity contribution in [3.05, 3.63) is 35.3 Å². The van der Waals surface area contributed by atoms with Gasteiger partial charge in [0.1, 0.15) is 0 Å². The molecule has 2 aromatic heterocycles. The lowest BCUT2D eigenvalue weighted by molar-refractivity contribution is 1.07. The first-order valence-electron chi connectivity index (χ1n) is 5.60. The number of nitrogen functional groups attached to an aromatic ring is 1. The number of rotatable bonds is 2. The van der Waals surface area contributed by atoms with Crippen molar-refractivity contribution in [2.45, 2.75) is 13.3 Å².